The second kappa shape index (κ2) is 3.85. The first-order valence-electron chi connectivity index (χ1n) is 2.77. The zero-order valence-corrected chi connectivity index (χ0v) is 5.44. The second-order valence-corrected chi connectivity index (χ2v) is 1.93. The van der Waals surface area contributed by atoms with Crippen molar-refractivity contribution >= 4 is 6.21 Å². The molecule has 7 heavy (non-hydrogen) atoms. The van der Waals surface area contributed by atoms with Crippen LogP contribution in [0.3, 0.4) is 0 Å². The van der Waals surface area contributed by atoms with Gasteiger partial charge < -0.3 is 0 Å². The van der Waals surface area contributed by atoms with E-state index in [0.717, 1.165) is 0 Å². The van der Waals surface area contributed by atoms with E-state index in [1.807, 2.05) is 0 Å². The van der Waals surface area contributed by atoms with E-state index in [1.54, 1.807) is 0 Å². The lowest BCUT2D eigenvalue weighted by molar-refractivity contribution is -0.460. The highest BCUT2D eigenvalue weighted by Gasteiger charge is 1.78. The van der Waals surface area contributed by atoms with Gasteiger partial charge in [-0.1, -0.05) is 6.92 Å². The molecule has 1 heteroatoms. The molecule has 0 saturated carbocycles. The standard InChI is InChI=1S/C6H14N/c1-4-5-6-7(2)3/h6H,4-5H2,1-3H3/q+1. The molecule has 0 spiro atoms. The molecule has 0 unspecified atom stereocenters. The molecular formula is C6H14N+. The fraction of sp³-hybridized carbons (Fsp3) is 0.833. The van der Waals surface area contributed by atoms with Crippen LogP contribution in [-0.4, -0.2) is 24.9 Å². The maximum Gasteiger partial charge on any atom is 0.139 e. The van der Waals surface area contributed by atoms with Crippen LogP contribution in [0.5, 0.6) is 0 Å². The molecule has 0 rings (SSSR count). The van der Waals surface area contributed by atoms with Gasteiger partial charge in [-0.3, -0.25) is 0 Å². The number of hydrogen-bond donors (Lipinski definition) is 0. The lowest BCUT2D eigenvalue weighted by Crippen LogP contribution is -1.96. The number of nitrogens with zero attached hydrogens (tertiary/aromatic N) is 1. The Kier molecular flexibility index (Phi) is 3.67. The summed E-state index contributed by atoms with van der Waals surface area (Å²) in [5, 5.41) is 0. The highest BCUT2D eigenvalue weighted by molar-refractivity contribution is 5.50. The van der Waals surface area contributed by atoms with Crippen LogP contribution in [0.15, 0.2) is 0 Å². The Balaban J connectivity index is 3.08. The lowest BCUT2D eigenvalue weighted by atomic mass is 10.4. The van der Waals surface area contributed by atoms with Gasteiger partial charge in [0.05, 0.1) is 0 Å². The molecule has 0 saturated heterocycles. The third-order valence-corrected chi connectivity index (χ3v) is 0.783. The zero-order chi connectivity index (χ0) is 5.70. The van der Waals surface area contributed by atoms with E-state index in [1.165, 1.54) is 12.8 Å². The van der Waals surface area contributed by atoms with E-state index in [2.05, 4.69) is 31.8 Å². The van der Waals surface area contributed by atoms with E-state index in [0.29, 0.717) is 0 Å². The van der Waals surface area contributed by atoms with Crippen molar-refractivity contribution in [1.82, 2.24) is 0 Å². The van der Waals surface area contributed by atoms with Gasteiger partial charge in [0.15, 0.2) is 0 Å². The van der Waals surface area contributed by atoms with Crippen molar-refractivity contribution in [2.24, 2.45) is 0 Å². The van der Waals surface area contributed by atoms with Gasteiger partial charge in [-0.15, -0.1) is 0 Å². The Morgan fingerprint density at radius 3 is 2.14 bits per heavy atom. The Labute approximate surface area is 45.7 Å². The minimum atomic E-state index is 1.20. The maximum absolute atomic E-state index is 2.18. The minimum Gasteiger partial charge on any atom is -0.245 e. The minimum absolute atomic E-state index is 1.20. The molecule has 0 aromatic carbocycles. The quantitative estimate of drug-likeness (QED) is 0.361. The molecule has 0 aromatic heterocycles. The van der Waals surface area contributed by atoms with Crippen molar-refractivity contribution in [2.45, 2.75) is 19.8 Å². The summed E-state index contributed by atoms with van der Waals surface area (Å²) < 4.78 is 2.09. The lowest BCUT2D eigenvalue weighted by Gasteiger charge is -1.81. The van der Waals surface area contributed by atoms with Crippen molar-refractivity contribution in [3.05, 3.63) is 0 Å². The number of rotatable bonds is 2. The van der Waals surface area contributed by atoms with Gasteiger partial charge >= 0.3 is 0 Å². The van der Waals surface area contributed by atoms with Gasteiger partial charge in [0.25, 0.3) is 0 Å². The van der Waals surface area contributed by atoms with Crippen LogP contribution >= 0.6 is 0 Å². The molecule has 0 atom stereocenters. The summed E-state index contributed by atoms with van der Waals surface area (Å²) in [4.78, 5) is 0. The summed E-state index contributed by atoms with van der Waals surface area (Å²) in [5.41, 5.74) is 0. The first-order chi connectivity index (χ1) is 3.27. The van der Waals surface area contributed by atoms with Gasteiger partial charge in [0.2, 0.25) is 0 Å². The maximum atomic E-state index is 2.18. The van der Waals surface area contributed by atoms with E-state index in [9.17, 15) is 0 Å². The second-order valence-electron chi connectivity index (χ2n) is 1.93. The van der Waals surface area contributed by atoms with E-state index in [4.69, 9.17) is 0 Å². The SMILES string of the molecule is CCCC=[N+](C)C. The van der Waals surface area contributed by atoms with Gasteiger partial charge in [0.1, 0.15) is 20.3 Å². The Bertz CT molecular complexity index is 60.6. The summed E-state index contributed by atoms with van der Waals surface area (Å²) in [6.45, 7) is 2.18. The highest BCUT2D eigenvalue weighted by Crippen LogP contribution is 1.77. The average molecular weight is 100 g/mol. The normalized spacial score (nSPS) is 8.43. The van der Waals surface area contributed by atoms with Crippen LogP contribution in [0.2, 0.25) is 0 Å². The van der Waals surface area contributed by atoms with Crippen LogP contribution < -0.4 is 0 Å². The predicted molar refractivity (Wildman–Crippen MR) is 33.1 cm³/mol. The Hall–Kier alpha value is -0.330. The molecule has 0 amide bonds. The van der Waals surface area contributed by atoms with Crippen molar-refractivity contribution in [3.63, 3.8) is 0 Å². The third-order valence-electron chi connectivity index (χ3n) is 0.783. The zero-order valence-electron chi connectivity index (χ0n) is 5.44. The summed E-state index contributed by atoms with van der Waals surface area (Å²) in [6, 6.07) is 0. The number of unbranched alkanes of at least 4 members (excludes halogenated alkanes) is 1. The molecule has 0 bridgehead atoms. The Morgan fingerprint density at radius 1 is 1.43 bits per heavy atom. The molecule has 0 radical (unpaired) electrons. The third kappa shape index (κ3) is 5.67. The fourth-order valence-corrected chi connectivity index (χ4v) is 0.387. The van der Waals surface area contributed by atoms with Crippen LogP contribution in [0.1, 0.15) is 19.8 Å². The summed E-state index contributed by atoms with van der Waals surface area (Å²) in [7, 11) is 4.10. The summed E-state index contributed by atoms with van der Waals surface area (Å²) >= 11 is 0. The molecule has 0 fully saturated rings. The van der Waals surface area contributed by atoms with Crippen molar-refractivity contribution in [2.75, 3.05) is 14.1 Å². The molecule has 0 aromatic rings. The van der Waals surface area contributed by atoms with Crippen LogP contribution in [0.25, 0.3) is 0 Å². The number of hydrogen-bond acceptors (Lipinski definition) is 0. The monoisotopic (exact) mass is 100 g/mol. The van der Waals surface area contributed by atoms with Gasteiger partial charge in [-0.2, -0.15) is 0 Å². The summed E-state index contributed by atoms with van der Waals surface area (Å²) in [6.07, 6.45) is 4.63. The summed E-state index contributed by atoms with van der Waals surface area (Å²) in [5.74, 6) is 0. The molecule has 42 valence electrons. The molecule has 0 heterocycles. The largest absolute Gasteiger partial charge is 0.245 e. The first-order valence-corrected chi connectivity index (χ1v) is 2.77. The molecular weight excluding hydrogens is 86.1 g/mol. The van der Waals surface area contributed by atoms with E-state index >= 15 is 0 Å². The van der Waals surface area contributed by atoms with Gasteiger partial charge in [0, 0.05) is 6.42 Å². The molecule has 0 aliphatic carbocycles. The first kappa shape index (κ1) is 6.67. The van der Waals surface area contributed by atoms with Crippen LogP contribution in [-0.2, 0) is 0 Å². The molecule has 0 N–H and O–H groups in total. The molecule has 1 nitrogen and oxygen atoms in total. The smallest absolute Gasteiger partial charge is 0.139 e. The topological polar surface area (TPSA) is 3.01 Å². The van der Waals surface area contributed by atoms with Crippen molar-refractivity contribution in [1.29, 1.82) is 0 Å². The van der Waals surface area contributed by atoms with Crippen LogP contribution in [0, 0.1) is 0 Å². The van der Waals surface area contributed by atoms with E-state index in [-0.39, 0.29) is 0 Å². The van der Waals surface area contributed by atoms with Crippen LogP contribution in [0.4, 0.5) is 0 Å². The predicted octanol–water partition coefficient (Wildman–Crippen LogP) is 1.13. The van der Waals surface area contributed by atoms with Gasteiger partial charge in [-0.25, -0.2) is 4.58 Å². The van der Waals surface area contributed by atoms with Gasteiger partial charge in [-0.05, 0) is 6.42 Å². The Morgan fingerprint density at radius 2 is 2.00 bits per heavy atom. The fourth-order valence-electron chi connectivity index (χ4n) is 0.387. The van der Waals surface area contributed by atoms with Crippen molar-refractivity contribution in [3.8, 4) is 0 Å². The highest BCUT2D eigenvalue weighted by atomic mass is 14.9. The average Bonchev–Trinajstić information content (AvgIpc) is 1.61. The van der Waals surface area contributed by atoms with E-state index < -0.39 is 0 Å². The molecule has 0 aliphatic heterocycles. The van der Waals surface area contributed by atoms with Crippen molar-refractivity contribution < 1.29 is 4.58 Å². The molecule has 0 aliphatic rings.